The average Bonchev–Trinajstić information content (AvgIpc) is 3.47. The van der Waals surface area contributed by atoms with Gasteiger partial charge in [-0.1, -0.05) is 59.6 Å². The number of amides is 1. The molecule has 2 N–H and O–H groups in total. The summed E-state index contributed by atoms with van der Waals surface area (Å²) in [5.74, 6) is -0.241. The molecular weight excluding hydrogens is 526 g/mol. The Bertz CT molecular complexity index is 1360. The number of nitrogens with one attached hydrogen (secondary N) is 2. The lowest BCUT2D eigenvalue weighted by atomic mass is 9.94. The van der Waals surface area contributed by atoms with E-state index in [4.69, 9.17) is 23.2 Å². The average molecular weight is 550 g/mol. The lowest BCUT2D eigenvalue weighted by molar-refractivity contribution is -0.141. The van der Waals surface area contributed by atoms with E-state index in [0.717, 1.165) is 25.6 Å². The number of aromatic nitrogens is 2. The second-order valence-electron chi connectivity index (χ2n) is 9.28. The van der Waals surface area contributed by atoms with Crippen LogP contribution in [-0.2, 0) is 17.5 Å². The molecular formula is C26H24Cl2F3N5O. The number of hydrogen-bond donors (Lipinski definition) is 2. The van der Waals surface area contributed by atoms with Crippen LogP contribution in [-0.4, -0.2) is 39.7 Å². The molecule has 2 aliphatic heterocycles. The Morgan fingerprint density at radius 3 is 2.59 bits per heavy atom. The zero-order valence-corrected chi connectivity index (χ0v) is 21.3. The van der Waals surface area contributed by atoms with Gasteiger partial charge in [-0.3, -0.25) is 9.69 Å². The minimum atomic E-state index is -4.64. The van der Waals surface area contributed by atoms with Crippen molar-refractivity contribution in [3.05, 3.63) is 92.7 Å². The molecule has 2 aromatic carbocycles. The summed E-state index contributed by atoms with van der Waals surface area (Å²) in [7, 11) is 0. The molecule has 11 heteroatoms. The van der Waals surface area contributed by atoms with Gasteiger partial charge in [0.1, 0.15) is 11.9 Å². The summed E-state index contributed by atoms with van der Waals surface area (Å²) in [5.41, 5.74) is 1.34. The topological polar surface area (TPSA) is 62.2 Å². The zero-order valence-electron chi connectivity index (χ0n) is 19.8. The molecule has 6 nitrogen and oxygen atoms in total. The number of rotatable bonds is 5. The van der Waals surface area contributed by atoms with Gasteiger partial charge in [-0.2, -0.15) is 18.3 Å². The third-order valence-corrected chi connectivity index (χ3v) is 7.36. The third-order valence-electron chi connectivity index (χ3n) is 6.62. The Morgan fingerprint density at radius 1 is 1.14 bits per heavy atom. The molecule has 2 aliphatic rings. The summed E-state index contributed by atoms with van der Waals surface area (Å²) in [6, 6.07) is 14.7. The smallest absolute Gasteiger partial charge is 0.348 e. The minimum absolute atomic E-state index is 0.101. The highest BCUT2D eigenvalue weighted by Gasteiger charge is 2.40. The van der Waals surface area contributed by atoms with Crippen molar-refractivity contribution in [1.82, 2.24) is 20.0 Å². The Kier molecular flexibility index (Phi) is 6.95. The van der Waals surface area contributed by atoms with Crippen LogP contribution in [0.3, 0.4) is 0 Å². The van der Waals surface area contributed by atoms with Crippen LogP contribution in [0.15, 0.2) is 65.9 Å². The first kappa shape index (κ1) is 25.6. The second kappa shape index (κ2) is 10.0. The van der Waals surface area contributed by atoms with Crippen LogP contribution in [0, 0.1) is 0 Å². The van der Waals surface area contributed by atoms with Crippen molar-refractivity contribution in [2.45, 2.75) is 38.1 Å². The molecule has 0 saturated carbocycles. The third kappa shape index (κ3) is 5.35. The first-order chi connectivity index (χ1) is 17.6. The van der Waals surface area contributed by atoms with Crippen molar-refractivity contribution in [2.75, 3.05) is 18.4 Å². The van der Waals surface area contributed by atoms with Crippen LogP contribution < -0.4 is 10.6 Å². The van der Waals surface area contributed by atoms with E-state index in [1.807, 2.05) is 18.2 Å². The minimum Gasteiger partial charge on any atom is -0.348 e. The van der Waals surface area contributed by atoms with Gasteiger partial charge in [-0.25, -0.2) is 4.68 Å². The summed E-state index contributed by atoms with van der Waals surface area (Å²) < 4.78 is 41.7. The number of nitrogens with zero attached hydrogens (tertiary/aromatic N) is 3. The molecule has 1 saturated heterocycles. The summed E-state index contributed by atoms with van der Waals surface area (Å²) >= 11 is 12.3. The Hall–Kier alpha value is -3.01. The van der Waals surface area contributed by atoms with Crippen LogP contribution in [0.5, 0.6) is 0 Å². The van der Waals surface area contributed by atoms with Crippen molar-refractivity contribution < 1.29 is 18.0 Å². The number of allylic oxidation sites excluding steroid dienone is 1. The maximum atomic E-state index is 13.6. The van der Waals surface area contributed by atoms with E-state index < -0.39 is 17.9 Å². The van der Waals surface area contributed by atoms with E-state index in [1.54, 1.807) is 25.1 Å². The van der Waals surface area contributed by atoms with Gasteiger partial charge in [0.25, 0.3) is 5.91 Å². The first-order valence-corrected chi connectivity index (χ1v) is 12.5. The molecule has 0 radical (unpaired) electrons. The van der Waals surface area contributed by atoms with Crippen LogP contribution in [0.25, 0.3) is 0 Å². The number of carbonyl (C=O) groups is 1. The molecule has 1 fully saturated rings. The molecule has 3 heterocycles. The monoisotopic (exact) mass is 549 g/mol. The van der Waals surface area contributed by atoms with E-state index in [0.29, 0.717) is 22.8 Å². The first-order valence-electron chi connectivity index (χ1n) is 11.8. The Labute approximate surface area is 222 Å². The number of carbonyl (C=O) groups excluding carboxylic acids is 1. The fourth-order valence-electron chi connectivity index (χ4n) is 4.89. The number of fused-ring (bicyclic) bond motifs is 1. The molecule has 37 heavy (non-hydrogen) atoms. The van der Waals surface area contributed by atoms with E-state index >= 15 is 0 Å². The highest BCUT2D eigenvalue weighted by Crippen LogP contribution is 2.40. The second-order valence-corrected chi connectivity index (χ2v) is 10.1. The fourth-order valence-corrected chi connectivity index (χ4v) is 5.20. The number of anilines is 1. The van der Waals surface area contributed by atoms with Gasteiger partial charge < -0.3 is 10.6 Å². The maximum Gasteiger partial charge on any atom is 0.435 e. The lowest BCUT2D eigenvalue weighted by Gasteiger charge is -2.30. The predicted octanol–water partition coefficient (Wildman–Crippen LogP) is 5.89. The molecule has 2 atom stereocenters. The molecule has 1 aromatic heterocycles. The van der Waals surface area contributed by atoms with Crippen molar-refractivity contribution in [2.24, 2.45) is 0 Å². The molecule has 0 aliphatic carbocycles. The number of likely N-dealkylation sites (tertiary alicyclic amines) is 1. The maximum absolute atomic E-state index is 13.6. The predicted molar refractivity (Wildman–Crippen MR) is 136 cm³/mol. The van der Waals surface area contributed by atoms with Crippen LogP contribution in [0.1, 0.15) is 36.2 Å². The van der Waals surface area contributed by atoms with Gasteiger partial charge in [-0.05, 0) is 36.6 Å². The van der Waals surface area contributed by atoms with E-state index in [-0.39, 0.29) is 28.4 Å². The van der Waals surface area contributed by atoms with Crippen molar-refractivity contribution in [3.8, 4) is 0 Å². The van der Waals surface area contributed by atoms with Crippen molar-refractivity contribution in [1.29, 1.82) is 0 Å². The van der Waals surface area contributed by atoms with Gasteiger partial charge in [0.2, 0.25) is 0 Å². The summed E-state index contributed by atoms with van der Waals surface area (Å²) in [4.78, 5) is 15.9. The summed E-state index contributed by atoms with van der Waals surface area (Å²) in [6.45, 7) is 3.94. The Morgan fingerprint density at radius 2 is 1.89 bits per heavy atom. The Balaban J connectivity index is 1.42. The summed E-state index contributed by atoms with van der Waals surface area (Å²) in [5, 5.41) is 10.4. The molecule has 1 amide bonds. The molecule has 5 rings (SSSR count). The van der Waals surface area contributed by atoms with Crippen molar-refractivity contribution in [3.63, 3.8) is 0 Å². The number of benzene rings is 2. The number of hydrogen-bond acceptors (Lipinski definition) is 4. The molecule has 3 aromatic rings. The fraction of sp³-hybridized carbons (Fsp3) is 0.308. The zero-order chi connectivity index (χ0) is 26.3. The number of alkyl halides is 3. The highest BCUT2D eigenvalue weighted by molar-refractivity contribution is 6.42. The van der Waals surface area contributed by atoms with Crippen LogP contribution >= 0.6 is 23.2 Å². The lowest BCUT2D eigenvalue weighted by Crippen LogP contribution is -2.41. The molecule has 0 spiro atoms. The standard InChI is InChI=1S/C26H24Cl2F3N5O/c1-15-23(25(37)33-18-9-10-35(14-18)13-16-5-3-2-4-6-16)24(17-7-8-19(27)20(28)11-17)36-22(32-15)12-21(34-36)26(29,30)31/h2-8,11-12,18,24,32H,9-10,13-14H2,1H3,(H,33,37). The van der Waals surface area contributed by atoms with E-state index in [1.165, 1.54) is 10.2 Å². The van der Waals surface area contributed by atoms with E-state index in [2.05, 4.69) is 32.8 Å². The molecule has 194 valence electrons. The van der Waals surface area contributed by atoms with Gasteiger partial charge in [-0.15, -0.1) is 0 Å². The molecule has 2 unspecified atom stereocenters. The summed E-state index contributed by atoms with van der Waals surface area (Å²) in [6.07, 6.45) is -3.88. The van der Waals surface area contributed by atoms with Gasteiger partial charge in [0.05, 0.1) is 15.6 Å². The van der Waals surface area contributed by atoms with Crippen LogP contribution in [0.2, 0.25) is 10.0 Å². The quantitative estimate of drug-likeness (QED) is 0.416. The van der Waals surface area contributed by atoms with Gasteiger partial charge in [0.15, 0.2) is 5.69 Å². The van der Waals surface area contributed by atoms with E-state index in [9.17, 15) is 18.0 Å². The SMILES string of the molecule is CC1=C(C(=O)NC2CCN(Cc3ccccc3)C2)C(c2ccc(Cl)c(Cl)c2)n2nc(C(F)(F)F)cc2N1. The molecule has 0 bridgehead atoms. The largest absolute Gasteiger partial charge is 0.435 e. The van der Waals surface area contributed by atoms with Gasteiger partial charge in [0, 0.05) is 37.4 Å². The van der Waals surface area contributed by atoms with Crippen molar-refractivity contribution >= 4 is 34.9 Å². The van der Waals surface area contributed by atoms with Crippen LogP contribution in [0.4, 0.5) is 19.0 Å². The number of halogens is 5. The normalized spacial score (nSPS) is 20.1. The highest BCUT2D eigenvalue weighted by atomic mass is 35.5. The van der Waals surface area contributed by atoms with Gasteiger partial charge >= 0.3 is 6.18 Å².